The molecule has 1 fully saturated rings. The molecule has 1 aliphatic heterocycles. The molecule has 1 heterocycles. The van der Waals surface area contributed by atoms with Crippen LogP contribution in [0, 0.1) is 5.41 Å². The van der Waals surface area contributed by atoms with Crippen molar-refractivity contribution in [2.45, 2.75) is 38.2 Å². The zero-order chi connectivity index (χ0) is 14.0. The molecule has 1 aromatic rings. The molecule has 0 bridgehead atoms. The normalized spacial score (nSPS) is 23.1. The second-order valence-corrected chi connectivity index (χ2v) is 5.95. The Hall–Kier alpha value is -1.55. The molecule has 1 atom stereocenters. The summed E-state index contributed by atoms with van der Waals surface area (Å²) in [5, 5.41) is 3.05. The van der Waals surface area contributed by atoms with E-state index in [1.54, 1.807) is 0 Å². The number of rotatable bonds is 4. The van der Waals surface area contributed by atoms with Gasteiger partial charge in [-0.2, -0.15) is 0 Å². The largest absolute Gasteiger partial charge is 0.488 e. The molecule has 3 N–H and O–H groups in total. The third-order valence-corrected chi connectivity index (χ3v) is 4.64. The van der Waals surface area contributed by atoms with Gasteiger partial charge in [0.05, 0.1) is 12.0 Å². The van der Waals surface area contributed by atoms with Crippen LogP contribution in [-0.2, 0) is 11.2 Å². The summed E-state index contributed by atoms with van der Waals surface area (Å²) < 4.78 is 5.84. The average molecular weight is 274 g/mol. The highest BCUT2D eigenvalue weighted by atomic mass is 16.5. The molecule has 4 heteroatoms. The lowest BCUT2D eigenvalue weighted by atomic mass is 9.85. The zero-order valence-corrected chi connectivity index (χ0v) is 11.7. The molecule has 0 saturated heterocycles. The van der Waals surface area contributed by atoms with Crippen LogP contribution < -0.4 is 15.8 Å². The van der Waals surface area contributed by atoms with E-state index in [1.165, 1.54) is 5.56 Å². The first-order chi connectivity index (χ1) is 9.73. The molecule has 0 radical (unpaired) electrons. The third kappa shape index (κ3) is 2.40. The lowest BCUT2D eigenvalue weighted by molar-refractivity contribution is -0.130. The Bertz CT molecular complexity index is 470. The van der Waals surface area contributed by atoms with Crippen molar-refractivity contribution in [2.24, 2.45) is 11.1 Å². The smallest absolute Gasteiger partial charge is 0.227 e. The molecule has 1 unspecified atom stereocenters. The second-order valence-electron chi connectivity index (χ2n) is 5.95. The number of para-hydroxylation sites is 1. The van der Waals surface area contributed by atoms with E-state index in [9.17, 15) is 4.79 Å². The summed E-state index contributed by atoms with van der Waals surface area (Å²) in [6.07, 6.45) is 4.97. The van der Waals surface area contributed by atoms with Crippen LogP contribution in [-0.4, -0.2) is 25.1 Å². The van der Waals surface area contributed by atoms with E-state index < -0.39 is 0 Å². The molecule has 0 spiro atoms. The van der Waals surface area contributed by atoms with Gasteiger partial charge in [-0.15, -0.1) is 0 Å². The summed E-state index contributed by atoms with van der Waals surface area (Å²) in [7, 11) is 0. The summed E-state index contributed by atoms with van der Waals surface area (Å²) in [5.41, 5.74) is 6.73. The Labute approximate surface area is 119 Å². The van der Waals surface area contributed by atoms with Crippen molar-refractivity contribution >= 4 is 5.91 Å². The van der Waals surface area contributed by atoms with Gasteiger partial charge in [0, 0.05) is 13.0 Å². The molecule has 1 saturated carbocycles. The fourth-order valence-corrected chi connectivity index (χ4v) is 3.34. The first-order valence-electron chi connectivity index (χ1n) is 7.46. The maximum Gasteiger partial charge on any atom is 0.227 e. The molecule has 1 aliphatic carbocycles. The monoisotopic (exact) mass is 274 g/mol. The summed E-state index contributed by atoms with van der Waals surface area (Å²) in [6.45, 7) is 1.01. The van der Waals surface area contributed by atoms with Gasteiger partial charge in [0.2, 0.25) is 5.91 Å². The maximum absolute atomic E-state index is 12.4. The van der Waals surface area contributed by atoms with Crippen molar-refractivity contribution in [2.75, 3.05) is 13.1 Å². The van der Waals surface area contributed by atoms with Gasteiger partial charge in [0.1, 0.15) is 11.9 Å². The van der Waals surface area contributed by atoms with Crippen molar-refractivity contribution in [1.82, 2.24) is 5.32 Å². The zero-order valence-electron chi connectivity index (χ0n) is 11.7. The summed E-state index contributed by atoms with van der Waals surface area (Å²) >= 11 is 0. The summed E-state index contributed by atoms with van der Waals surface area (Å²) in [4.78, 5) is 12.4. The number of amides is 1. The van der Waals surface area contributed by atoms with Crippen molar-refractivity contribution in [3.05, 3.63) is 29.8 Å². The van der Waals surface area contributed by atoms with Crippen molar-refractivity contribution in [3.63, 3.8) is 0 Å². The van der Waals surface area contributed by atoms with Gasteiger partial charge < -0.3 is 15.8 Å². The predicted molar refractivity (Wildman–Crippen MR) is 77.5 cm³/mol. The first-order valence-corrected chi connectivity index (χ1v) is 7.46. The molecule has 1 amide bonds. The van der Waals surface area contributed by atoms with Gasteiger partial charge in [-0.25, -0.2) is 0 Å². The highest BCUT2D eigenvalue weighted by Crippen LogP contribution is 2.37. The number of hydrogen-bond donors (Lipinski definition) is 2. The quantitative estimate of drug-likeness (QED) is 0.877. The number of carbonyl (C=O) groups is 1. The Morgan fingerprint density at radius 2 is 2.10 bits per heavy atom. The van der Waals surface area contributed by atoms with E-state index in [0.717, 1.165) is 37.9 Å². The maximum atomic E-state index is 12.4. The predicted octanol–water partition coefficient (Wildman–Crippen LogP) is 1.63. The molecule has 0 aromatic heterocycles. The highest BCUT2D eigenvalue weighted by Gasteiger charge is 2.40. The minimum absolute atomic E-state index is 0.0487. The third-order valence-electron chi connectivity index (χ3n) is 4.64. The molecular formula is C16H22N2O2. The van der Waals surface area contributed by atoms with Crippen molar-refractivity contribution < 1.29 is 9.53 Å². The van der Waals surface area contributed by atoms with Gasteiger partial charge >= 0.3 is 0 Å². The fraction of sp³-hybridized carbons (Fsp3) is 0.562. The molecule has 3 rings (SSSR count). The van der Waals surface area contributed by atoms with E-state index in [2.05, 4.69) is 11.4 Å². The topological polar surface area (TPSA) is 64.4 Å². The van der Waals surface area contributed by atoms with Crippen LogP contribution in [0.25, 0.3) is 0 Å². The van der Waals surface area contributed by atoms with E-state index in [1.807, 2.05) is 18.2 Å². The van der Waals surface area contributed by atoms with Crippen LogP contribution in [0.3, 0.4) is 0 Å². The number of fused-ring (bicyclic) bond motifs is 1. The van der Waals surface area contributed by atoms with Gasteiger partial charge in [-0.1, -0.05) is 31.0 Å². The van der Waals surface area contributed by atoms with E-state index in [0.29, 0.717) is 13.1 Å². The molecule has 20 heavy (non-hydrogen) atoms. The standard InChI is InChI=1S/C16H22N2O2/c17-11-16(7-3-4-8-16)15(19)18-10-13-9-12-5-1-2-6-14(12)20-13/h1-2,5-6,13H,3-4,7-11,17H2,(H,18,19). The van der Waals surface area contributed by atoms with Crippen LogP contribution in [0.1, 0.15) is 31.2 Å². The number of ether oxygens (including phenoxy) is 1. The lowest BCUT2D eigenvalue weighted by Gasteiger charge is -2.26. The molecule has 2 aliphatic rings. The number of nitrogens with one attached hydrogen (secondary N) is 1. The summed E-state index contributed by atoms with van der Waals surface area (Å²) in [6, 6.07) is 8.05. The van der Waals surface area contributed by atoms with Gasteiger partial charge in [0.25, 0.3) is 0 Å². The molecule has 4 nitrogen and oxygen atoms in total. The number of nitrogens with two attached hydrogens (primary N) is 1. The number of carbonyl (C=O) groups excluding carboxylic acids is 1. The Kier molecular flexibility index (Phi) is 3.66. The highest BCUT2D eigenvalue weighted by molar-refractivity contribution is 5.83. The Balaban J connectivity index is 1.55. The van der Waals surface area contributed by atoms with E-state index in [4.69, 9.17) is 10.5 Å². The van der Waals surface area contributed by atoms with Crippen LogP contribution in [0.2, 0.25) is 0 Å². The summed E-state index contributed by atoms with van der Waals surface area (Å²) in [5.74, 6) is 1.05. The Morgan fingerprint density at radius 1 is 1.35 bits per heavy atom. The van der Waals surface area contributed by atoms with E-state index in [-0.39, 0.29) is 17.4 Å². The minimum Gasteiger partial charge on any atom is -0.488 e. The van der Waals surface area contributed by atoms with Gasteiger partial charge in [0.15, 0.2) is 0 Å². The van der Waals surface area contributed by atoms with Crippen LogP contribution in [0.5, 0.6) is 5.75 Å². The molecule has 1 aromatic carbocycles. The number of benzene rings is 1. The van der Waals surface area contributed by atoms with Crippen molar-refractivity contribution in [3.8, 4) is 5.75 Å². The van der Waals surface area contributed by atoms with Crippen LogP contribution >= 0.6 is 0 Å². The second kappa shape index (κ2) is 5.44. The molecular weight excluding hydrogens is 252 g/mol. The minimum atomic E-state index is -0.328. The molecule has 108 valence electrons. The fourth-order valence-electron chi connectivity index (χ4n) is 3.34. The van der Waals surface area contributed by atoms with Gasteiger partial charge in [-0.3, -0.25) is 4.79 Å². The van der Waals surface area contributed by atoms with Crippen LogP contribution in [0.4, 0.5) is 0 Å². The average Bonchev–Trinajstić information content (AvgIpc) is 3.11. The Morgan fingerprint density at radius 3 is 2.80 bits per heavy atom. The van der Waals surface area contributed by atoms with Gasteiger partial charge in [-0.05, 0) is 24.5 Å². The number of hydrogen-bond acceptors (Lipinski definition) is 3. The van der Waals surface area contributed by atoms with Crippen molar-refractivity contribution in [1.29, 1.82) is 0 Å². The van der Waals surface area contributed by atoms with E-state index >= 15 is 0 Å². The lowest BCUT2D eigenvalue weighted by Crippen LogP contribution is -2.46. The first kappa shape index (κ1) is 13.4. The SMILES string of the molecule is NCC1(C(=O)NCC2Cc3ccccc3O2)CCCC1. The van der Waals surface area contributed by atoms with Crippen LogP contribution in [0.15, 0.2) is 24.3 Å².